The van der Waals surface area contributed by atoms with Crippen LogP contribution in [0.3, 0.4) is 0 Å². The summed E-state index contributed by atoms with van der Waals surface area (Å²) in [4.78, 5) is 1.13. The Balaban J connectivity index is 1.79. The zero-order valence-corrected chi connectivity index (χ0v) is 12.5. The van der Waals surface area contributed by atoms with Gasteiger partial charge in [-0.1, -0.05) is 11.6 Å². The Hall–Kier alpha value is -1.56. The van der Waals surface area contributed by atoms with Gasteiger partial charge in [0.05, 0.1) is 16.3 Å². The quantitative estimate of drug-likeness (QED) is 0.783. The molecule has 3 rings (SSSR count). The van der Waals surface area contributed by atoms with E-state index in [1.807, 2.05) is 43.6 Å². The maximum absolute atomic E-state index is 6.03. The van der Waals surface area contributed by atoms with Crippen molar-refractivity contribution < 1.29 is 4.42 Å². The highest BCUT2D eigenvalue weighted by Crippen LogP contribution is 2.31. The SMILES string of the molecule is Cn1ccc(CNC(c2ccco2)c2ccc(Cl)s2)n1. The summed E-state index contributed by atoms with van der Waals surface area (Å²) >= 11 is 7.58. The summed E-state index contributed by atoms with van der Waals surface area (Å²) in [7, 11) is 1.91. The number of nitrogens with zero attached hydrogens (tertiary/aromatic N) is 2. The number of hydrogen-bond acceptors (Lipinski definition) is 4. The molecule has 0 aliphatic heterocycles. The van der Waals surface area contributed by atoms with Gasteiger partial charge in [-0.05, 0) is 30.3 Å². The molecule has 0 aliphatic rings. The molecule has 0 fully saturated rings. The molecule has 20 heavy (non-hydrogen) atoms. The van der Waals surface area contributed by atoms with E-state index >= 15 is 0 Å². The Labute approximate surface area is 126 Å². The van der Waals surface area contributed by atoms with Crippen LogP contribution in [0.2, 0.25) is 4.34 Å². The third kappa shape index (κ3) is 2.95. The minimum absolute atomic E-state index is 0.00972. The van der Waals surface area contributed by atoms with Crippen LogP contribution in [-0.2, 0) is 13.6 Å². The van der Waals surface area contributed by atoms with E-state index in [-0.39, 0.29) is 6.04 Å². The number of nitrogens with one attached hydrogen (secondary N) is 1. The predicted molar refractivity (Wildman–Crippen MR) is 79.9 cm³/mol. The lowest BCUT2D eigenvalue weighted by Gasteiger charge is -2.14. The van der Waals surface area contributed by atoms with Gasteiger partial charge in [-0.25, -0.2) is 0 Å². The number of furan rings is 1. The van der Waals surface area contributed by atoms with Crippen LogP contribution >= 0.6 is 22.9 Å². The van der Waals surface area contributed by atoms with Crippen LogP contribution in [-0.4, -0.2) is 9.78 Å². The molecular weight excluding hydrogens is 294 g/mol. The lowest BCUT2D eigenvalue weighted by molar-refractivity contribution is 0.447. The van der Waals surface area contributed by atoms with Gasteiger partial charge in [-0.2, -0.15) is 5.10 Å². The van der Waals surface area contributed by atoms with E-state index in [0.29, 0.717) is 6.54 Å². The molecule has 1 atom stereocenters. The van der Waals surface area contributed by atoms with E-state index in [0.717, 1.165) is 20.7 Å². The zero-order chi connectivity index (χ0) is 13.9. The van der Waals surface area contributed by atoms with Crippen LogP contribution in [0.4, 0.5) is 0 Å². The monoisotopic (exact) mass is 307 g/mol. The molecule has 0 aliphatic carbocycles. The highest BCUT2D eigenvalue weighted by molar-refractivity contribution is 7.16. The van der Waals surface area contributed by atoms with Crippen molar-refractivity contribution in [2.45, 2.75) is 12.6 Å². The molecular formula is C14H14ClN3OS. The van der Waals surface area contributed by atoms with Crippen molar-refractivity contribution in [3.05, 3.63) is 63.5 Å². The molecule has 4 nitrogen and oxygen atoms in total. The van der Waals surface area contributed by atoms with Crippen molar-refractivity contribution in [3.8, 4) is 0 Å². The first-order chi connectivity index (χ1) is 9.72. The predicted octanol–water partition coefficient (Wildman–Crippen LogP) is 3.61. The number of hydrogen-bond donors (Lipinski definition) is 1. The van der Waals surface area contributed by atoms with Crippen LogP contribution < -0.4 is 5.32 Å². The molecule has 104 valence electrons. The number of halogens is 1. The Morgan fingerprint density at radius 3 is 2.90 bits per heavy atom. The topological polar surface area (TPSA) is 43.0 Å². The van der Waals surface area contributed by atoms with Gasteiger partial charge in [0, 0.05) is 24.7 Å². The van der Waals surface area contributed by atoms with E-state index in [1.54, 1.807) is 22.3 Å². The number of thiophene rings is 1. The summed E-state index contributed by atoms with van der Waals surface area (Å²) in [6.07, 6.45) is 3.61. The van der Waals surface area contributed by atoms with Crippen molar-refractivity contribution in [2.75, 3.05) is 0 Å². The van der Waals surface area contributed by atoms with Crippen molar-refractivity contribution in [2.24, 2.45) is 7.05 Å². The van der Waals surface area contributed by atoms with Gasteiger partial charge in [-0.15, -0.1) is 11.3 Å². The van der Waals surface area contributed by atoms with Crippen LogP contribution in [0.1, 0.15) is 22.4 Å². The summed E-state index contributed by atoms with van der Waals surface area (Å²) < 4.78 is 8.10. The van der Waals surface area contributed by atoms with E-state index in [1.165, 1.54) is 0 Å². The molecule has 6 heteroatoms. The van der Waals surface area contributed by atoms with Gasteiger partial charge < -0.3 is 4.42 Å². The van der Waals surface area contributed by atoms with Gasteiger partial charge in [-0.3, -0.25) is 10.00 Å². The first-order valence-electron chi connectivity index (χ1n) is 6.23. The third-order valence-corrected chi connectivity index (χ3v) is 4.26. The molecule has 3 aromatic heterocycles. The highest BCUT2D eigenvalue weighted by Gasteiger charge is 2.18. The lowest BCUT2D eigenvalue weighted by atomic mass is 10.2. The van der Waals surface area contributed by atoms with E-state index in [9.17, 15) is 0 Å². The maximum atomic E-state index is 6.03. The molecule has 0 spiro atoms. The van der Waals surface area contributed by atoms with Gasteiger partial charge in [0.1, 0.15) is 11.8 Å². The molecule has 1 N–H and O–H groups in total. The van der Waals surface area contributed by atoms with E-state index in [2.05, 4.69) is 10.4 Å². The van der Waals surface area contributed by atoms with Crippen LogP contribution in [0.15, 0.2) is 47.2 Å². The summed E-state index contributed by atoms with van der Waals surface area (Å²) in [5.74, 6) is 0.874. The Morgan fingerprint density at radius 2 is 2.30 bits per heavy atom. The number of aryl methyl sites for hydroxylation is 1. The molecule has 3 aromatic rings. The Kier molecular flexibility index (Phi) is 3.91. The van der Waals surface area contributed by atoms with Gasteiger partial charge in [0.25, 0.3) is 0 Å². The fourth-order valence-corrected chi connectivity index (χ4v) is 3.19. The first kappa shape index (κ1) is 13.4. The maximum Gasteiger partial charge on any atom is 0.126 e. The van der Waals surface area contributed by atoms with Gasteiger partial charge >= 0.3 is 0 Å². The first-order valence-corrected chi connectivity index (χ1v) is 7.42. The van der Waals surface area contributed by atoms with Crippen LogP contribution in [0, 0.1) is 0 Å². The Morgan fingerprint density at radius 1 is 1.40 bits per heavy atom. The summed E-state index contributed by atoms with van der Waals surface area (Å²) in [5, 5.41) is 7.83. The standard InChI is InChI=1S/C14H14ClN3OS/c1-18-7-6-10(17-18)9-16-14(11-3-2-8-19-11)12-4-5-13(15)20-12/h2-8,14,16H,9H2,1H3. The van der Waals surface area contributed by atoms with Crippen molar-refractivity contribution in [3.63, 3.8) is 0 Å². The molecule has 0 bridgehead atoms. The normalized spacial score (nSPS) is 12.7. The van der Waals surface area contributed by atoms with Crippen molar-refractivity contribution in [1.29, 1.82) is 0 Å². The molecule has 1 unspecified atom stereocenters. The molecule has 0 saturated carbocycles. The number of aromatic nitrogens is 2. The zero-order valence-electron chi connectivity index (χ0n) is 10.9. The second-order valence-electron chi connectivity index (χ2n) is 4.45. The van der Waals surface area contributed by atoms with Crippen LogP contribution in [0.5, 0.6) is 0 Å². The van der Waals surface area contributed by atoms with Crippen molar-refractivity contribution >= 4 is 22.9 Å². The molecule has 0 aromatic carbocycles. The molecule has 0 radical (unpaired) electrons. The molecule has 0 saturated heterocycles. The summed E-state index contributed by atoms with van der Waals surface area (Å²) in [6, 6.07) is 9.76. The average molecular weight is 308 g/mol. The van der Waals surface area contributed by atoms with Gasteiger partial charge in [0.15, 0.2) is 0 Å². The third-order valence-electron chi connectivity index (χ3n) is 2.96. The van der Waals surface area contributed by atoms with Crippen LogP contribution in [0.25, 0.3) is 0 Å². The summed E-state index contributed by atoms with van der Waals surface area (Å²) in [6.45, 7) is 0.668. The minimum atomic E-state index is -0.00972. The fraction of sp³-hybridized carbons (Fsp3) is 0.214. The largest absolute Gasteiger partial charge is 0.467 e. The van der Waals surface area contributed by atoms with Gasteiger partial charge in [0.2, 0.25) is 0 Å². The van der Waals surface area contributed by atoms with Crippen molar-refractivity contribution in [1.82, 2.24) is 15.1 Å². The lowest BCUT2D eigenvalue weighted by Crippen LogP contribution is -2.21. The average Bonchev–Trinajstić information content (AvgIpc) is 3.13. The smallest absolute Gasteiger partial charge is 0.126 e. The number of rotatable bonds is 5. The Bertz CT molecular complexity index is 674. The highest BCUT2D eigenvalue weighted by atomic mass is 35.5. The van der Waals surface area contributed by atoms with E-state index < -0.39 is 0 Å². The fourth-order valence-electron chi connectivity index (χ4n) is 2.04. The minimum Gasteiger partial charge on any atom is -0.467 e. The molecule has 3 heterocycles. The second-order valence-corrected chi connectivity index (χ2v) is 6.20. The molecule has 0 amide bonds. The summed E-state index contributed by atoms with van der Waals surface area (Å²) in [5.41, 5.74) is 0.992. The van der Waals surface area contributed by atoms with E-state index in [4.69, 9.17) is 16.0 Å². The second kappa shape index (κ2) is 5.83.